The number of ketones is 1. The minimum Gasteiger partial charge on any atom is -0.289 e. The lowest BCUT2D eigenvalue weighted by Crippen LogP contribution is -2.23. The van der Waals surface area contributed by atoms with Gasteiger partial charge in [-0.05, 0) is 58.0 Å². The van der Waals surface area contributed by atoms with E-state index >= 15 is 0 Å². The average Bonchev–Trinajstić information content (AvgIpc) is 3.03. The number of hydrogen-bond donors (Lipinski definition) is 1. The fourth-order valence-electron chi connectivity index (χ4n) is 3.35. The van der Waals surface area contributed by atoms with Gasteiger partial charge in [0, 0.05) is 11.1 Å². The average molecular weight is 391 g/mol. The highest BCUT2D eigenvalue weighted by Crippen LogP contribution is 2.20. The third-order valence-corrected chi connectivity index (χ3v) is 4.73. The van der Waals surface area contributed by atoms with E-state index in [2.05, 4.69) is 20.5 Å². The molecule has 3 aliphatic rings. The van der Waals surface area contributed by atoms with E-state index in [0.29, 0.717) is 22.6 Å². The van der Waals surface area contributed by atoms with Crippen LogP contribution in [0.25, 0.3) is 16.2 Å². The normalized spacial score (nSPS) is 16.6. The van der Waals surface area contributed by atoms with Gasteiger partial charge in [-0.15, -0.1) is 5.10 Å². The molecule has 0 aromatic heterocycles. The fourth-order valence-corrected chi connectivity index (χ4v) is 3.35. The number of rotatable bonds is 3. The van der Waals surface area contributed by atoms with Gasteiger partial charge in [-0.2, -0.15) is 5.53 Å². The molecule has 0 saturated carbocycles. The van der Waals surface area contributed by atoms with Gasteiger partial charge in [-0.1, -0.05) is 53.8 Å². The molecule has 0 amide bonds. The predicted molar refractivity (Wildman–Crippen MR) is 115 cm³/mol. The lowest BCUT2D eigenvalue weighted by molar-refractivity contribution is -0.108. The molecule has 3 aliphatic carbocycles. The molecule has 1 aromatic rings. The Morgan fingerprint density at radius 2 is 1.30 bits per heavy atom. The smallest absolute Gasteiger partial charge is 0.289 e. The summed E-state index contributed by atoms with van der Waals surface area (Å²) in [6.45, 7) is 0. The van der Waals surface area contributed by atoms with Crippen LogP contribution in [0.2, 0.25) is 0 Å². The highest BCUT2D eigenvalue weighted by molar-refractivity contribution is 6.42. The van der Waals surface area contributed by atoms with Crippen LogP contribution in [0, 0.1) is 10.9 Å². The number of Topliss-reactive ketones (excluding diaryl/α,β-unsaturated/α-hetero) is 1. The second-order valence-corrected chi connectivity index (χ2v) is 6.56. The molecule has 7 heteroatoms. The molecule has 1 aromatic carbocycles. The molecular formula is C23H15N6O+. The zero-order chi connectivity index (χ0) is 20.9. The highest BCUT2D eigenvalue weighted by Gasteiger charge is 2.21. The van der Waals surface area contributed by atoms with Crippen LogP contribution in [-0.4, -0.2) is 17.2 Å². The van der Waals surface area contributed by atoms with Crippen molar-refractivity contribution < 1.29 is 4.79 Å². The maximum absolute atomic E-state index is 13.2. The number of hydrogen-bond acceptors (Lipinski definition) is 5. The Labute approximate surface area is 171 Å². The van der Waals surface area contributed by atoms with Crippen LogP contribution >= 0.6 is 0 Å². The van der Waals surface area contributed by atoms with Gasteiger partial charge in [0.1, 0.15) is 0 Å². The Morgan fingerprint density at radius 3 is 1.77 bits per heavy atom. The van der Waals surface area contributed by atoms with Crippen LogP contribution < -0.4 is 10.4 Å². The van der Waals surface area contributed by atoms with Crippen molar-refractivity contribution in [2.75, 3.05) is 0 Å². The molecular weight excluding hydrogens is 376 g/mol. The maximum atomic E-state index is 13.2. The Balaban J connectivity index is 1.75. The van der Waals surface area contributed by atoms with Gasteiger partial charge in [0.2, 0.25) is 0 Å². The number of allylic oxidation sites excluding steroid dienone is 12. The van der Waals surface area contributed by atoms with E-state index in [9.17, 15) is 4.79 Å². The zero-order valence-corrected chi connectivity index (χ0v) is 15.7. The van der Waals surface area contributed by atoms with Crippen LogP contribution in [0.5, 0.6) is 0 Å². The van der Waals surface area contributed by atoms with Gasteiger partial charge >= 0.3 is 5.08 Å². The number of fused-ring (bicyclic) bond motifs is 1. The molecule has 30 heavy (non-hydrogen) atoms. The highest BCUT2D eigenvalue weighted by atomic mass is 16.1. The van der Waals surface area contributed by atoms with Crippen LogP contribution in [-0.2, 0) is 4.79 Å². The largest absolute Gasteiger partial charge is 0.339 e. The molecule has 0 heterocycles. The van der Waals surface area contributed by atoms with Crippen molar-refractivity contribution in [3.8, 4) is 0 Å². The van der Waals surface area contributed by atoms with Crippen molar-refractivity contribution in [3.05, 3.63) is 112 Å². The second-order valence-electron chi connectivity index (χ2n) is 6.56. The summed E-state index contributed by atoms with van der Waals surface area (Å²) in [4.78, 5) is 13.2. The minimum absolute atomic E-state index is 0.0507. The topological polar surface area (TPSA) is 106 Å². The summed E-state index contributed by atoms with van der Waals surface area (Å²) in [5.74, 6) is -0.0507. The molecule has 1 N–H and O–H groups in total. The van der Waals surface area contributed by atoms with Crippen LogP contribution in [0.3, 0.4) is 0 Å². The molecule has 0 fully saturated rings. The van der Waals surface area contributed by atoms with Crippen LogP contribution in [0.1, 0.15) is 0 Å². The fraction of sp³-hybridized carbons (Fsp3) is 0. The Bertz CT molecular complexity index is 1340. The summed E-state index contributed by atoms with van der Waals surface area (Å²) in [5, 5.41) is 23.3. The van der Waals surface area contributed by atoms with Crippen molar-refractivity contribution in [2.45, 2.75) is 0 Å². The summed E-state index contributed by atoms with van der Waals surface area (Å²) in [6, 6.07) is 7.70. The molecule has 0 unspecified atom stereocenters. The predicted octanol–water partition coefficient (Wildman–Crippen LogP) is 3.27. The van der Waals surface area contributed by atoms with E-state index < -0.39 is 0 Å². The number of nitrogens with zero attached hydrogens (tertiary/aromatic N) is 5. The number of carbonyl (C=O) groups is 1. The first-order valence-corrected chi connectivity index (χ1v) is 9.10. The molecule has 0 radical (unpaired) electrons. The summed E-state index contributed by atoms with van der Waals surface area (Å²) in [7, 11) is 0. The van der Waals surface area contributed by atoms with Crippen molar-refractivity contribution in [1.82, 2.24) is 0 Å². The summed E-state index contributed by atoms with van der Waals surface area (Å²) >= 11 is 0. The van der Waals surface area contributed by atoms with E-state index in [1.165, 1.54) is 0 Å². The van der Waals surface area contributed by atoms with E-state index in [0.717, 1.165) is 21.6 Å². The van der Waals surface area contributed by atoms with Gasteiger partial charge in [0.05, 0.1) is 5.71 Å². The van der Waals surface area contributed by atoms with E-state index in [-0.39, 0.29) is 5.78 Å². The van der Waals surface area contributed by atoms with Crippen molar-refractivity contribution in [1.29, 1.82) is 10.9 Å². The standard InChI is InChI=1S/C23H15N6O/c24-28-26-17-9-5-15(6-10-17)13-21-19-3-1-2-4-20(19)22(23(21)30)14-16-7-11-18(12-8-16)27-29-25/h1-14,24H/q+1. The third-order valence-electron chi connectivity index (χ3n) is 4.73. The summed E-state index contributed by atoms with van der Waals surface area (Å²) in [6.07, 6.45) is 17.9. The second kappa shape index (κ2) is 8.20. The monoisotopic (exact) mass is 391 g/mol. The van der Waals surface area contributed by atoms with Gasteiger partial charge in [0.25, 0.3) is 5.39 Å². The van der Waals surface area contributed by atoms with Gasteiger partial charge in [-0.3, -0.25) is 4.79 Å². The van der Waals surface area contributed by atoms with Crippen LogP contribution in [0.4, 0.5) is 0 Å². The first kappa shape index (κ1) is 18.8. The molecule has 0 atom stereocenters. The quantitative estimate of drug-likeness (QED) is 0.485. The number of carbonyl (C=O) groups excluding carboxylic acids is 1. The van der Waals surface area contributed by atoms with Gasteiger partial charge in [0.15, 0.2) is 16.6 Å². The van der Waals surface area contributed by atoms with Gasteiger partial charge in [-0.25, -0.2) is 0 Å². The molecule has 0 spiro atoms. The third kappa shape index (κ3) is 3.70. The lowest BCUT2D eigenvalue weighted by atomic mass is 9.99. The zero-order valence-electron chi connectivity index (χ0n) is 15.7. The van der Waals surface area contributed by atoms with Crippen molar-refractivity contribution in [2.24, 2.45) is 15.4 Å². The SMILES string of the molecule is N#[N+]N=C1C=CC(=CC2=c3ccccc3=C(C=C3C=CC(=NN=N)C=C3)C2=O)C=C1. The Morgan fingerprint density at radius 1 is 0.800 bits per heavy atom. The first-order chi connectivity index (χ1) is 14.7. The molecule has 0 aliphatic heterocycles. The summed E-state index contributed by atoms with van der Waals surface area (Å²) in [5.41, 5.74) is 10.8. The Hall–Kier alpha value is -4.57. The first-order valence-electron chi connectivity index (χ1n) is 9.10. The molecule has 7 nitrogen and oxygen atoms in total. The summed E-state index contributed by atoms with van der Waals surface area (Å²) < 4.78 is 0. The molecule has 4 rings (SSSR count). The number of diazo groups is 1. The minimum atomic E-state index is -0.0507. The maximum Gasteiger partial charge on any atom is 0.339 e. The number of benzene rings is 1. The number of nitrogens with one attached hydrogen (secondary N) is 1. The molecule has 0 saturated heterocycles. The molecule has 142 valence electrons. The van der Waals surface area contributed by atoms with E-state index in [4.69, 9.17) is 10.9 Å². The van der Waals surface area contributed by atoms with E-state index in [1.807, 2.05) is 60.7 Å². The lowest BCUT2D eigenvalue weighted by Gasteiger charge is -2.04. The molecule has 0 bridgehead atoms. The van der Waals surface area contributed by atoms with Crippen molar-refractivity contribution >= 4 is 28.4 Å². The van der Waals surface area contributed by atoms with Crippen molar-refractivity contribution in [3.63, 3.8) is 0 Å². The van der Waals surface area contributed by atoms with E-state index in [1.54, 1.807) is 24.3 Å². The van der Waals surface area contributed by atoms with Gasteiger partial charge < -0.3 is 0 Å². The Kier molecular flexibility index (Phi) is 5.14. The van der Waals surface area contributed by atoms with Crippen LogP contribution in [0.15, 0.2) is 112 Å².